The van der Waals surface area contributed by atoms with Crippen LogP contribution in [0.3, 0.4) is 0 Å². The third-order valence-corrected chi connectivity index (χ3v) is 4.56. The number of rotatable bonds is 4. The lowest BCUT2D eigenvalue weighted by atomic mass is 9.99. The number of benzene rings is 2. The van der Waals surface area contributed by atoms with Crippen molar-refractivity contribution < 1.29 is 14.5 Å². The zero-order valence-electron chi connectivity index (χ0n) is 14.1. The van der Waals surface area contributed by atoms with E-state index >= 15 is 0 Å². The molecule has 1 atom stereocenters. The van der Waals surface area contributed by atoms with Crippen LogP contribution in [0.15, 0.2) is 36.4 Å². The monoisotopic (exact) mass is 375 g/mol. The molecule has 0 saturated carbocycles. The third-order valence-electron chi connectivity index (χ3n) is 4.32. The number of fused-ring (bicyclic) bond motifs is 1. The molecule has 7 nitrogen and oxygen atoms in total. The Labute approximate surface area is 155 Å². The number of carbonyl (C=O) groups excluding carboxylic acids is 1. The van der Waals surface area contributed by atoms with Crippen LogP contribution in [0, 0.1) is 10.1 Å². The van der Waals surface area contributed by atoms with Crippen LogP contribution in [0.1, 0.15) is 18.9 Å². The van der Waals surface area contributed by atoms with Crippen molar-refractivity contribution in [1.29, 1.82) is 0 Å². The van der Waals surface area contributed by atoms with Crippen molar-refractivity contribution in [3.05, 3.63) is 57.1 Å². The largest absolute Gasteiger partial charge is 0.474 e. The molecule has 0 bridgehead atoms. The summed E-state index contributed by atoms with van der Waals surface area (Å²) >= 11 is 5.81. The van der Waals surface area contributed by atoms with Crippen molar-refractivity contribution >= 4 is 34.6 Å². The van der Waals surface area contributed by atoms with Crippen LogP contribution in [-0.2, 0) is 11.2 Å². The molecule has 1 aliphatic rings. The molecule has 0 radical (unpaired) electrons. The topological polar surface area (TPSA) is 98.7 Å². The number of nitrogens with two attached hydrogens (primary N) is 1. The number of nitrogens with zero attached hydrogens (tertiary/aromatic N) is 2. The van der Waals surface area contributed by atoms with Crippen molar-refractivity contribution in [2.24, 2.45) is 0 Å². The number of carbonyl (C=O) groups is 1. The Bertz CT molecular complexity index is 872. The summed E-state index contributed by atoms with van der Waals surface area (Å²) in [5.74, 6) is -0.272. The van der Waals surface area contributed by atoms with Gasteiger partial charge in [-0.05, 0) is 49.6 Å². The van der Waals surface area contributed by atoms with Crippen molar-refractivity contribution in [2.75, 3.05) is 17.2 Å². The van der Waals surface area contributed by atoms with E-state index in [-0.39, 0.29) is 22.4 Å². The van der Waals surface area contributed by atoms with Crippen LogP contribution in [0.5, 0.6) is 5.75 Å². The van der Waals surface area contributed by atoms with E-state index in [9.17, 15) is 14.9 Å². The van der Waals surface area contributed by atoms with Gasteiger partial charge in [0.2, 0.25) is 0 Å². The molecule has 0 aliphatic carbocycles. The highest BCUT2D eigenvalue weighted by Crippen LogP contribution is 2.33. The number of amides is 1. The van der Waals surface area contributed by atoms with Crippen molar-refractivity contribution in [3.63, 3.8) is 0 Å². The Balaban J connectivity index is 1.84. The van der Waals surface area contributed by atoms with Gasteiger partial charge in [0, 0.05) is 29.0 Å². The lowest BCUT2D eigenvalue weighted by molar-refractivity contribution is -0.386. The normalized spacial score (nSPS) is 14.5. The van der Waals surface area contributed by atoms with E-state index in [0.29, 0.717) is 12.2 Å². The minimum Gasteiger partial charge on any atom is -0.474 e. The summed E-state index contributed by atoms with van der Waals surface area (Å²) in [6.07, 6.45) is 0.701. The smallest absolute Gasteiger partial charge is 0.312 e. The number of hydrogen-bond donors (Lipinski definition) is 1. The van der Waals surface area contributed by atoms with Gasteiger partial charge in [-0.15, -0.1) is 0 Å². The Kier molecular flexibility index (Phi) is 4.99. The highest BCUT2D eigenvalue weighted by atomic mass is 35.5. The van der Waals surface area contributed by atoms with Gasteiger partial charge >= 0.3 is 5.69 Å². The average molecular weight is 376 g/mol. The molecule has 1 heterocycles. The maximum atomic E-state index is 12.9. The number of nitro groups is 1. The number of anilines is 2. The molecule has 0 fully saturated rings. The fraction of sp³-hybridized carbons (Fsp3) is 0.278. The summed E-state index contributed by atoms with van der Waals surface area (Å²) in [5, 5.41) is 11.4. The predicted octanol–water partition coefficient (Wildman–Crippen LogP) is 3.58. The first-order chi connectivity index (χ1) is 12.4. The molecular weight excluding hydrogens is 358 g/mol. The maximum Gasteiger partial charge on any atom is 0.312 e. The van der Waals surface area contributed by atoms with E-state index in [0.717, 1.165) is 24.1 Å². The maximum absolute atomic E-state index is 12.9. The number of nitro benzene ring substituents is 1. The standard InChI is InChI=1S/C18H18ClN3O4/c1-11(26-17-8-7-12(19)10-16(17)22(24)25)18(23)21-9-3-4-13-14(20)5-2-6-15(13)21/h2,5-8,10-11H,3-4,9,20H2,1H3. The van der Waals surface area contributed by atoms with E-state index in [1.807, 2.05) is 12.1 Å². The molecule has 1 amide bonds. The molecule has 3 rings (SSSR count). The number of hydrogen-bond acceptors (Lipinski definition) is 5. The quantitative estimate of drug-likeness (QED) is 0.500. The Hall–Kier alpha value is -2.80. The molecule has 2 aromatic rings. The first-order valence-electron chi connectivity index (χ1n) is 8.18. The van der Waals surface area contributed by atoms with Crippen LogP contribution in [0.25, 0.3) is 0 Å². The van der Waals surface area contributed by atoms with Gasteiger partial charge in [-0.2, -0.15) is 0 Å². The molecule has 0 spiro atoms. The molecule has 8 heteroatoms. The first kappa shape index (κ1) is 18.0. The van der Waals surface area contributed by atoms with E-state index in [4.69, 9.17) is 22.1 Å². The highest BCUT2D eigenvalue weighted by molar-refractivity contribution is 6.30. The summed E-state index contributed by atoms with van der Waals surface area (Å²) < 4.78 is 5.60. The number of nitrogen functional groups attached to an aromatic ring is 1. The molecule has 0 saturated heterocycles. The Morgan fingerprint density at radius 2 is 2.15 bits per heavy atom. The van der Waals surface area contributed by atoms with Crippen LogP contribution >= 0.6 is 11.6 Å². The second kappa shape index (κ2) is 7.21. The molecular formula is C18H18ClN3O4. The molecule has 2 aromatic carbocycles. The van der Waals surface area contributed by atoms with Crippen molar-refractivity contribution in [2.45, 2.75) is 25.9 Å². The number of halogens is 1. The SMILES string of the molecule is CC(Oc1ccc(Cl)cc1[N+](=O)[O-])C(=O)N1CCCc2c(N)cccc21. The fourth-order valence-electron chi connectivity index (χ4n) is 3.07. The summed E-state index contributed by atoms with van der Waals surface area (Å²) in [5.41, 5.74) is 8.10. The van der Waals surface area contributed by atoms with Gasteiger partial charge in [-0.1, -0.05) is 17.7 Å². The predicted molar refractivity (Wildman–Crippen MR) is 99.7 cm³/mol. The zero-order chi connectivity index (χ0) is 18.8. The highest BCUT2D eigenvalue weighted by Gasteiger charge is 2.29. The lowest BCUT2D eigenvalue weighted by Crippen LogP contribution is -2.43. The Morgan fingerprint density at radius 3 is 2.88 bits per heavy atom. The molecule has 1 aliphatic heterocycles. The second-order valence-electron chi connectivity index (χ2n) is 6.07. The first-order valence-corrected chi connectivity index (χ1v) is 8.55. The molecule has 0 aromatic heterocycles. The Morgan fingerprint density at radius 1 is 1.38 bits per heavy atom. The summed E-state index contributed by atoms with van der Waals surface area (Å²) in [6, 6.07) is 9.54. The third kappa shape index (κ3) is 3.43. The molecule has 136 valence electrons. The van der Waals surface area contributed by atoms with Gasteiger partial charge in [0.25, 0.3) is 5.91 Å². The average Bonchev–Trinajstić information content (AvgIpc) is 2.62. The van der Waals surface area contributed by atoms with Gasteiger partial charge < -0.3 is 15.4 Å². The van der Waals surface area contributed by atoms with Gasteiger partial charge in [-0.3, -0.25) is 14.9 Å². The molecule has 26 heavy (non-hydrogen) atoms. The molecule has 2 N–H and O–H groups in total. The van der Waals surface area contributed by atoms with E-state index in [2.05, 4.69) is 0 Å². The van der Waals surface area contributed by atoms with Crippen LogP contribution in [-0.4, -0.2) is 23.5 Å². The van der Waals surface area contributed by atoms with Gasteiger partial charge in [0.15, 0.2) is 11.9 Å². The zero-order valence-corrected chi connectivity index (χ0v) is 14.9. The minimum absolute atomic E-state index is 0.00468. The second-order valence-corrected chi connectivity index (χ2v) is 6.50. The van der Waals surface area contributed by atoms with E-state index < -0.39 is 11.0 Å². The van der Waals surface area contributed by atoms with Gasteiger partial charge in [0.1, 0.15) is 0 Å². The van der Waals surface area contributed by atoms with E-state index in [1.165, 1.54) is 18.2 Å². The van der Waals surface area contributed by atoms with Crippen LogP contribution in [0.4, 0.5) is 17.1 Å². The van der Waals surface area contributed by atoms with Crippen LogP contribution in [0.2, 0.25) is 5.02 Å². The molecule has 1 unspecified atom stereocenters. The van der Waals surface area contributed by atoms with Crippen molar-refractivity contribution in [3.8, 4) is 5.75 Å². The minimum atomic E-state index is -0.901. The van der Waals surface area contributed by atoms with Crippen molar-refractivity contribution in [1.82, 2.24) is 0 Å². The van der Waals surface area contributed by atoms with E-state index in [1.54, 1.807) is 17.9 Å². The van der Waals surface area contributed by atoms with Crippen LogP contribution < -0.4 is 15.4 Å². The van der Waals surface area contributed by atoms with Gasteiger partial charge in [-0.25, -0.2) is 0 Å². The summed E-state index contributed by atoms with van der Waals surface area (Å²) in [6.45, 7) is 2.12. The number of ether oxygens (including phenoxy) is 1. The fourth-order valence-corrected chi connectivity index (χ4v) is 3.24. The lowest BCUT2D eigenvalue weighted by Gasteiger charge is -2.32. The summed E-state index contributed by atoms with van der Waals surface area (Å²) in [4.78, 5) is 25.1. The van der Waals surface area contributed by atoms with Gasteiger partial charge in [0.05, 0.1) is 4.92 Å². The summed E-state index contributed by atoms with van der Waals surface area (Å²) in [7, 11) is 0.